The number of ether oxygens (including phenoxy) is 1. The Morgan fingerprint density at radius 3 is 2.32 bits per heavy atom. The highest BCUT2D eigenvalue weighted by atomic mass is 79.9. The van der Waals surface area contributed by atoms with Crippen molar-refractivity contribution in [3.63, 3.8) is 0 Å². The van der Waals surface area contributed by atoms with Crippen molar-refractivity contribution in [1.82, 2.24) is 0 Å². The Morgan fingerprint density at radius 2 is 1.68 bits per heavy atom. The molecule has 0 fully saturated rings. The summed E-state index contributed by atoms with van der Waals surface area (Å²) >= 11 is 3.24. The fourth-order valence-electron chi connectivity index (χ4n) is 1.64. The number of hydrogen-bond donors (Lipinski definition) is 1. The minimum absolute atomic E-state index is 0.487. The fourth-order valence-corrected chi connectivity index (χ4v) is 2.03. The summed E-state index contributed by atoms with van der Waals surface area (Å²) in [6, 6.07) is 9.82. The summed E-state index contributed by atoms with van der Waals surface area (Å²) in [5, 5.41) is 2.50. The molecule has 0 heterocycles. The maximum Gasteiger partial charge on any atom is 0.344 e. The van der Waals surface area contributed by atoms with Gasteiger partial charge in [-0.2, -0.15) is 0 Å². The first-order valence-corrected chi connectivity index (χ1v) is 6.94. The molecular formula is C15H10BrF2NO3. The maximum absolute atomic E-state index is 13.4. The van der Waals surface area contributed by atoms with Gasteiger partial charge in [-0.3, -0.25) is 4.79 Å². The average Bonchev–Trinajstić information content (AvgIpc) is 2.47. The number of halogens is 3. The summed E-state index contributed by atoms with van der Waals surface area (Å²) in [4.78, 5) is 23.3. The number of hydrogen-bond acceptors (Lipinski definition) is 3. The summed E-state index contributed by atoms with van der Waals surface area (Å²) < 4.78 is 32.0. The van der Waals surface area contributed by atoms with Gasteiger partial charge in [0, 0.05) is 4.47 Å². The fraction of sp³-hybridized carbons (Fsp3) is 0.0667. The Bertz CT molecular complexity index is 701. The third-order valence-electron chi connectivity index (χ3n) is 2.65. The normalized spacial score (nSPS) is 10.1. The van der Waals surface area contributed by atoms with Gasteiger partial charge in [0.05, 0.1) is 5.69 Å². The van der Waals surface area contributed by atoms with E-state index in [-0.39, 0.29) is 0 Å². The van der Waals surface area contributed by atoms with Crippen LogP contribution in [0.1, 0.15) is 10.4 Å². The summed E-state index contributed by atoms with van der Waals surface area (Å²) in [5.74, 6) is -3.96. The second-order valence-electron chi connectivity index (χ2n) is 4.20. The summed E-state index contributed by atoms with van der Waals surface area (Å²) in [6.45, 7) is -0.659. The number of rotatable bonds is 4. The van der Waals surface area contributed by atoms with E-state index in [2.05, 4.69) is 26.0 Å². The van der Waals surface area contributed by atoms with Crippen molar-refractivity contribution in [1.29, 1.82) is 0 Å². The molecule has 114 valence electrons. The number of carbonyl (C=O) groups is 2. The predicted octanol–water partition coefficient (Wildman–Crippen LogP) is 3.52. The third kappa shape index (κ3) is 3.88. The van der Waals surface area contributed by atoms with Gasteiger partial charge in [-0.05, 0) is 40.2 Å². The topological polar surface area (TPSA) is 55.4 Å². The van der Waals surface area contributed by atoms with Crippen molar-refractivity contribution >= 4 is 33.5 Å². The number of benzene rings is 2. The van der Waals surface area contributed by atoms with E-state index in [1.54, 1.807) is 24.3 Å². The lowest BCUT2D eigenvalue weighted by Crippen LogP contribution is -2.22. The molecule has 0 radical (unpaired) electrons. The molecule has 0 aliphatic carbocycles. The van der Waals surface area contributed by atoms with Crippen LogP contribution in [0.4, 0.5) is 14.5 Å². The van der Waals surface area contributed by atoms with Gasteiger partial charge in [0.2, 0.25) is 0 Å². The van der Waals surface area contributed by atoms with E-state index in [1.165, 1.54) is 0 Å². The first-order chi connectivity index (χ1) is 10.5. The van der Waals surface area contributed by atoms with E-state index >= 15 is 0 Å². The van der Waals surface area contributed by atoms with Crippen LogP contribution < -0.4 is 5.32 Å². The van der Waals surface area contributed by atoms with Crippen LogP contribution in [0, 0.1) is 11.6 Å². The molecule has 2 aromatic rings. The van der Waals surface area contributed by atoms with Crippen molar-refractivity contribution in [3.8, 4) is 0 Å². The van der Waals surface area contributed by atoms with Gasteiger partial charge >= 0.3 is 5.97 Å². The van der Waals surface area contributed by atoms with Gasteiger partial charge < -0.3 is 10.1 Å². The molecule has 0 saturated heterocycles. The molecule has 22 heavy (non-hydrogen) atoms. The van der Waals surface area contributed by atoms with E-state index in [0.29, 0.717) is 10.2 Å². The Labute approximate surface area is 133 Å². The zero-order valence-electron chi connectivity index (χ0n) is 11.1. The number of nitrogens with one attached hydrogen (secondary N) is 1. The van der Waals surface area contributed by atoms with Gasteiger partial charge in [-0.25, -0.2) is 13.6 Å². The van der Waals surface area contributed by atoms with Crippen LogP contribution in [0.25, 0.3) is 0 Å². The zero-order valence-corrected chi connectivity index (χ0v) is 12.7. The Balaban J connectivity index is 1.97. The number of esters is 1. The molecule has 4 nitrogen and oxygen atoms in total. The monoisotopic (exact) mass is 369 g/mol. The van der Waals surface area contributed by atoms with Crippen LogP contribution in [0.2, 0.25) is 0 Å². The van der Waals surface area contributed by atoms with Crippen LogP contribution in [0.3, 0.4) is 0 Å². The number of amides is 1. The Morgan fingerprint density at radius 1 is 1.05 bits per heavy atom. The van der Waals surface area contributed by atoms with Crippen LogP contribution >= 0.6 is 15.9 Å². The standard InChI is InChI=1S/C15H10BrF2NO3/c16-9-4-1-2-7-12(9)19-13(20)8-22-15(21)14-10(17)5-3-6-11(14)18/h1-7H,8H2,(H,19,20). The molecule has 2 rings (SSSR count). The van der Waals surface area contributed by atoms with E-state index in [0.717, 1.165) is 18.2 Å². The Hall–Kier alpha value is -2.28. The van der Waals surface area contributed by atoms with E-state index < -0.39 is 35.7 Å². The molecule has 7 heteroatoms. The predicted molar refractivity (Wildman–Crippen MR) is 79.4 cm³/mol. The highest BCUT2D eigenvalue weighted by Gasteiger charge is 2.19. The minimum Gasteiger partial charge on any atom is -0.452 e. The van der Waals surface area contributed by atoms with Crippen LogP contribution in [0.15, 0.2) is 46.9 Å². The van der Waals surface area contributed by atoms with Crippen LogP contribution in [-0.4, -0.2) is 18.5 Å². The number of anilines is 1. The molecule has 1 N–H and O–H groups in total. The van der Waals surface area contributed by atoms with Crippen molar-refractivity contribution < 1.29 is 23.1 Å². The molecule has 0 atom stereocenters. The zero-order chi connectivity index (χ0) is 16.1. The van der Waals surface area contributed by atoms with Crippen molar-refractivity contribution in [2.24, 2.45) is 0 Å². The highest BCUT2D eigenvalue weighted by molar-refractivity contribution is 9.10. The molecule has 0 aromatic heterocycles. The highest BCUT2D eigenvalue weighted by Crippen LogP contribution is 2.21. The smallest absolute Gasteiger partial charge is 0.344 e. The first kappa shape index (κ1) is 16.1. The van der Waals surface area contributed by atoms with Crippen molar-refractivity contribution in [3.05, 3.63) is 64.1 Å². The van der Waals surface area contributed by atoms with Gasteiger partial charge in [0.25, 0.3) is 5.91 Å². The van der Waals surface area contributed by atoms with Crippen LogP contribution in [0.5, 0.6) is 0 Å². The molecule has 0 spiro atoms. The number of carbonyl (C=O) groups excluding carboxylic acids is 2. The lowest BCUT2D eigenvalue weighted by atomic mass is 10.2. The maximum atomic E-state index is 13.4. The minimum atomic E-state index is -1.24. The van der Waals surface area contributed by atoms with Gasteiger partial charge in [0.15, 0.2) is 6.61 Å². The molecular weight excluding hydrogens is 360 g/mol. The van der Waals surface area contributed by atoms with E-state index in [9.17, 15) is 18.4 Å². The Kier molecular flexibility index (Phi) is 5.21. The SMILES string of the molecule is O=C(COC(=O)c1c(F)cccc1F)Nc1ccccc1Br. The second kappa shape index (κ2) is 7.13. The molecule has 1 amide bonds. The lowest BCUT2D eigenvalue weighted by Gasteiger charge is -2.08. The van der Waals surface area contributed by atoms with Gasteiger partial charge in [0.1, 0.15) is 17.2 Å². The molecule has 0 unspecified atom stereocenters. The number of para-hydroxylation sites is 1. The molecule has 0 aliphatic rings. The summed E-state index contributed by atoms with van der Waals surface area (Å²) in [5.41, 5.74) is -0.336. The quantitative estimate of drug-likeness (QED) is 0.838. The molecule has 0 bridgehead atoms. The van der Waals surface area contributed by atoms with E-state index in [4.69, 9.17) is 0 Å². The van der Waals surface area contributed by atoms with E-state index in [1.807, 2.05) is 0 Å². The summed E-state index contributed by atoms with van der Waals surface area (Å²) in [7, 11) is 0. The van der Waals surface area contributed by atoms with Crippen LogP contribution in [-0.2, 0) is 9.53 Å². The molecule has 0 aliphatic heterocycles. The second-order valence-corrected chi connectivity index (χ2v) is 5.06. The lowest BCUT2D eigenvalue weighted by molar-refractivity contribution is -0.119. The first-order valence-electron chi connectivity index (χ1n) is 6.14. The average molecular weight is 370 g/mol. The largest absolute Gasteiger partial charge is 0.452 e. The molecule has 0 saturated carbocycles. The van der Waals surface area contributed by atoms with Gasteiger partial charge in [-0.15, -0.1) is 0 Å². The summed E-state index contributed by atoms with van der Waals surface area (Å²) in [6.07, 6.45) is 0. The van der Waals surface area contributed by atoms with Crippen molar-refractivity contribution in [2.75, 3.05) is 11.9 Å². The van der Waals surface area contributed by atoms with Crippen molar-refractivity contribution in [2.45, 2.75) is 0 Å². The third-order valence-corrected chi connectivity index (χ3v) is 3.34. The van der Waals surface area contributed by atoms with Gasteiger partial charge in [-0.1, -0.05) is 18.2 Å². The molecule has 2 aromatic carbocycles.